The number of rotatable bonds is 5. The number of hydrogen-bond acceptors (Lipinski definition) is 3. The van der Waals surface area contributed by atoms with E-state index in [4.69, 9.17) is 5.73 Å². The molecule has 2 unspecified atom stereocenters. The van der Waals surface area contributed by atoms with Crippen molar-refractivity contribution in [3.8, 4) is 0 Å². The van der Waals surface area contributed by atoms with Gasteiger partial charge in [-0.2, -0.15) is 0 Å². The minimum absolute atomic E-state index is 0.0601. The normalized spacial score (nSPS) is 27.1. The maximum atomic E-state index is 11.6. The molecule has 0 heterocycles. The summed E-state index contributed by atoms with van der Waals surface area (Å²) >= 11 is 0. The predicted octanol–water partition coefficient (Wildman–Crippen LogP) is 0.637. The molecule has 0 radical (unpaired) electrons. The number of amides is 1. The zero-order valence-electron chi connectivity index (χ0n) is 10.3. The van der Waals surface area contributed by atoms with Crippen LogP contribution in [0.4, 0.5) is 0 Å². The molecule has 0 aromatic heterocycles. The maximum Gasteiger partial charge on any atom is 0.236 e. The van der Waals surface area contributed by atoms with Gasteiger partial charge in [0, 0.05) is 6.54 Å². The molecule has 0 aromatic rings. The first-order valence-electron chi connectivity index (χ1n) is 6.20. The van der Waals surface area contributed by atoms with E-state index in [0.717, 1.165) is 25.7 Å². The summed E-state index contributed by atoms with van der Waals surface area (Å²) in [5, 5.41) is 12.2. The van der Waals surface area contributed by atoms with Crippen LogP contribution >= 0.6 is 0 Å². The fraction of sp³-hybridized carbons (Fsp3) is 0.917. The van der Waals surface area contributed by atoms with E-state index in [2.05, 4.69) is 19.2 Å². The van der Waals surface area contributed by atoms with Crippen molar-refractivity contribution < 1.29 is 9.90 Å². The Hall–Kier alpha value is -0.610. The highest BCUT2D eigenvalue weighted by molar-refractivity contribution is 5.81. The van der Waals surface area contributed by atoms with Gasteiger partial charge in [0.05, 0.1) is 12.1 Å². The fourth-order valence-corrected chi connectivity index (χ4v) is 2.22. The van der Waals surface area contributed by atoms with Gasteiger partial charge in [-0.1, -0.05) is 13.8 Å². The lowest BCUT2D eigenvalue weighted by molar-refractivity contribution is -0.122. The van der Waals surface area contributed by atoms with Gasteiger partial charge >= 0.3 is 0 Å². The van der Waals surface area contributed by atoms with Gasteiger partial charge in [0.25, 0.3) is 0 Å². The second kappa shape index (κ2) is 6.21. The fourth-order valence-electron chi connectivity index (χ4n) is 2.22. The van der Waals surface area contributed by atoms with E-state index in [9.17, 15) is 9.90 Å². The summed E-state index contributed by atoms with van der Waals surface area (Å²) < 4.78 is 0. The molecule has 4 N–H and O–H groups in total. The molecular weight excluding hydrogens is 204 g/mol. The molecule has 1 amide bonds. The van der Waals surface area contributed by atoms with Crippen LogP contribution in [0.25, 0.3) is 0 Å². The molecule has 16 heavy (non-hydrogen) atoms. The van der Waals surface area contributed by atoms with Crippen LogP contribution in [-0.2, 0) is 4.79 Å². The lowest BCUT2D eigenvalue weighted by Gasteiger charge is -2.16. The molecule has 94 valence electrons. The highest BCUT2D eigenvalue weighted by Crippen LogP contribution is 2.24. The van der Waals surface area contributed by atoms with Crippen LogP contribution < -0.4 is 11.1 Å². The highest BCUT2D eigenvalue weighted by Gasteiger charge is 2.23. The van der Waals surface area contributed by atoms with Crippen molar-refractivity contribution in [1.82, 2.24) is 5.32 Å². The number of nitrogens with two attached hydrogens (primary N) is 1. The third kappa shape index (κ3) is 4.49. The first-order chi connectivity index (χ1) is 7.49. The van der Waals surface area contributed by atoms with Gasteiger partial charge in [0.1, 0.15) is 0 Å². The molecule has 0 bridgehead atoms. The Morgan fingerprint density at radius 1 is 1.50 bits per heavy atom. The summed E-state index contributed by atoms with van der Waals surface area (Å²) in [5.74, 6) is 0.800. The predicted molar refractivity (Wildman–Crippen MR) is 63.8 cm³/mol. The highest BCUT2D eigenvalue weighted by atomic mass is 16.3. The quantitative estimate of drug-likeness (QED) is 0.646. The largest absolute Gasteiger partial charge is 0.393 e. The minimum Gasteiger partial charge on any atom is -0.393 e. The molecule has 1 fully saturated rings. The minimum atomic E-state index is -0.397. The number of nitrogens with one attached hydrogen (secondary N) is 1. The molecule has 0 spiro atoms. The van der Waals surface area contributed by atoms with E-state index < -0.39 is 6.04 Å². The summed E-state index contributed by atoms with van der Waals surface area (Å²) in [4.78, 5) is 11.6. The molecule has 0 saturated heterocycles. The number of carbonyl (C=O) groups is 1. The maximum absolute atomic E-state index is 11.6. The van der Waals surface area contributed by atoms with Crippen molar-refractivity contribution in [1.29, 1.82) is 0 Å². The van der Waals surface area contributed by atoms with Crippen molar-refractivity contribution in [2.45, 2.75) is 51.7 Å². The van der Waals surface area contributed by atoms with E-state index in [0.29, 0.717) is 18.4 Å². The molecule has 1 rings (SSSR count). The Labute approximate surface area is 97.6 Å². The summed E-state index contributed by atoms with van der Waals surface area (Å²) in [6, 6.07) is -0.397. The van der Waals surface area contributed by atoms with Gasteiger partial charge in [-0.15, -0.1) is 0 Å². The number of aliphatic hydroxyl groups is 1. The Kier molecular flexibility index (Phi) is 5.22. The average Bonchev–Trinajstić information content (AvgIpc) is 2.59. The Balaban J connectivity index is 2.19. The van der Waals surface area contributed by atoms with Crippen LogP contribution in [0.15, 0.2) is 0 Å². The van der Waals surface area contributed by atoms with Crippen LogP contribution in [0, 0.1) is 11.8 Å². The Morgan fingerprint density at radius 3 is 2.69 bits per heavy atom. The lowest BCUT2D eigenvalue weighted by Crippen LogP contribution is -2.42. The van der Waals surface area contributed by atoms with Crippen LogP contribution in [0.1, 0.15) is 39.5 Å². The summed E-state index contributed by atoms with van der Waals surface area (Å²) in [6.07, 6.45) is 3.21. The van der Waals surface area contributed by atoms with Crippen LogP contribution in [0.5, 0.6) is 0 Å². The molecule has 1 saturated carbocycles. The zero-order chi connectivity index (χ0) is 12.1. The van der Waals surface area contributed by atoms with Crippen molar-refractivity contribution in [3.63, 3.8) is 0 Å². The molecule has 1 aliphatic carbocycles. The van der Waals surface area contributed by atoms with E-state index in [1.165, 1.54) is 0 Å². The summed E-state index contributed by atoms with van der Waals surface area (Å²) in [6.45, 7) is 4.77. The zero-order valence-corrected chi connectivity index (χ0v) is 10.3. The third-order valence-corrected chi connectivity index (χ3v) is 3.14. The standard InChI is InChI=1S/C12H24N2O2/c1-8(2)5-11(13)12(16)14-7-9-3-4-10(15)6-9/h8-11,15H,3-7,13H2,1-2H3,(H,14,16)/t9?,10?,11-/m1/s1. The van der Waals surface area contributed by atoms with E-state index in [-0.39, 0.29) is 12.0 Å². The van der Waals surface area contributed by atoms with Gasteiger partial charge in [0.2, 0.25) is 5.91 Å². The van der Waals surface area contributed by atoms with Crippen LogP contribution in [-0.4, -0.2) is 29.7 Å². The first kappa shape index (κ1) is 13.5. The Bertz CT molecular complexity index is 231. The van der Waals surface area contributed by atoms with E-state index >= 15 is 0 Å². The second-order valence-electron chi connectivity index (χ2n) is 5.31. The number of aliphatic hydroxyl groups excluding tert-OH is 1. The van der Waals surface area contributed by atoms with Gasteiger partial charge in [-0.05, 0) is 37.5 Å². The van der Waals surface area contributed by atoms with E-state index in [1.807, 2.05) is 0 Å². The lowest BCUT2D eigenvalue weighted by atomic mass is 10.0. The second-order valence-corrected chi connectivity index (χ2v) is 5.31. The van der Waals surface area contributed by atoms with E-state index in [1.54, 1.807) is 0 Å². The molecular formula is C12H24N2O2. The van der Waals surface area contributed by atoms with Crippen molar-refractivity contribution in [2.75, 3.05) is 6.54 Å². The summed E-state index contributed by atoms with van der Waals surface area (Å²) in [5.41, 5.74) is 5.77. The Morgan fingerprint density at radius 2 is 2.19 bits per heavy atom. The van der Waals surface area contributed by atoms with Crippen LogP contribution in [0.3, 0.4) is 0 Å². The van der Waals surface area contributed by atoms with Crippen molar-refractivity contribution in [2.24, 2.45) is 17.6 Å². The van der Waals surface area contributed by atoms with Gasteiger partial charge in [-0.25, -0.2) is 0 Å². The topological polar surface area (TPSA) is 75.4 Å². The smallest absolute Gasteiger partial charge is 0.236 e. The monoisotopic (exact) mass is 228 g/mol. The summed E-state index contributed by atoms with van der Waals surface area (Å²) in [7, 11) is 0. The van der Waals surface area contributed by atoms with Gasteiger partial charge in [-0.3, -0.25) is 4.79 Å². The third-order valence-electron chi connectivity index (χ3n) is 3.14. The van der Waals surface area contributed by atoms with Gasteiger partial charge < -0.3 is 16.2 Å². The number of hydrogen-bond donors (Lipinski definition) is 3. The molecule has 4 heteroatoms. The molecule has 0 aliphatic heterocycles. The SMILES string of the molecule is CC(C)C[C@@H](N)C(=O)NCC1CCC(O)C1. The van der Waals surface area contributed by atoms with Crippen LogP contribution in [0.2, 0.25) is 0 Å². The molecule has 4 nitrogen and oxygen atoms in total. The molecule has 0 aromatic carbocycles. The van der Waals surface area contributed by atoms with Gasteiger partial charge in [0.15, 0.2) is 0 Å². The molecule has 1 aliphatic rings. The average molecular weight is 228 g/mol. The number of carbonyl (C=O) groups excluding carboxylic acids is 1. The first-order valence-corrected chi connectivity index (χ1v) is 6.20. The van der Waals surface area contributed by atoms with Crippen molar-refractivity contribution in [3.05, 3.63) is 0 Å². The molecule has 3 atom stereocenters. The van der Waals surface area contributed by atoms with Crippen molar-refractivity contribution >= 4 is 5.91 Å².